The van der Waals surface area contributed by atoms with Gasteiger partial charge in [0.05, 0.1) is 57.5 Å². The van der Waals surface area contributed by atoms with Crippen LogP contribution in [0, 0.1) is 0 Å². The molecule has 0 saturated heterocycles. The number of aromatic nitrogens is 2. The summed E-state index contributed by atoms with van der Waals surface area (Å²) in [5, 5.41) is 6.62. The maximum atomic E-state index is 9.71. The second-order valence-corrected chi connectivity index (χ2v) is 33.1. The van der Waals surface area contributed by atoms with E-state index in [0.717, 1.165) is 148 Å². The van der Waals surface area contributed by atoms with Crippen molar-refractivity contribution >= 4 is 132 Å². The second-order valence-electron chi connectivity index (χ2n) is 32.1. The highest BCUT2D eigenvalue weighted by Crippen LogP contribution is 2.55. The number of hydrogen-bond acceptors (Lipinski definition) is 3. The normalized spacial score (nSPS) is 14.3. The molecule has 3 aromatic heterocycles. The first-order chi connectivity index (χ1) is 56.6. The minimum atomic E-state index is -0.634. The van der Waals surface area contributed by atoms with Crippen LogP contribution in [0.25, 0.3) is 131 Å². The molecule has 0 amide bonds. The van der Waals surface area contributed by atoms with E-state index in [4.69, 9.17) is 2.74 Å². The van der Waals surface area contributed by atoms with E-state index in [1.165, 1.54) is 16.5 Å². The summed E-state index contributed by atoms with van der Waals surface area (Å²) < 4.78 is 100. The molecule has 20 rings (SSSR count). The molecule has 0 radical (unpaired) electrons. The van der Waals surface area contributed by atoms with E-state index in [2.05, 4.69) is 312 Å². The van der Waals surface area contributed by atoms with Crippen molar-refractivity contribution in [2.45, 2.75) is 78.6 Å². The molecule has 0 fully saturated rings. The van der Waals surface area contributed by atoms with Gasteiger partial charge in [0.25, 0.3) is 6.71 Å². The fourth-order valence-electron chi connectivity index (χ4n) is 17.1. The molecule has 2 aliphatic rings. The summed E-state index contributed by atoms with van der Waals surface area (Å²) in [4.78, 5) is 4.80. The Bertz CT molecular complexity index is 7140. The van der Waals surface area contributed by atoms with Crippen molar-refractivity contribution in [2.24, 2.45) is 0 Å². The molecule has 0 atom stereocenters. The average Bonchev–Trinajstić information content (AvgIpc) is 0.927. The van der Waals surface area contributed by atoms with Gasteiger partial charge < -0.3 is 18.9 Å². The molecule has 0 unspecified atom stereocenters. The van der Waals surface area contributed by atoms with Crippen LogP contribution < -0.4 is 26.2 Å². The largest absolute Gasteiger partial charge is 0.310 e. The molecular weight excluding hydrogens is 1320 g/mol. The SMILES string of the molecule is [2H]c1c([2H])c([2H])c(-c2ccc3c(c2)N(c2c(-c4ccccc4)cc(C(C)(C)C)cc2-c2ccccc2)c2cc(-n4c5ccc(C(C)(C)C)cc5c5cc(C(C)(C)C)ccc54)cc4c2B3c2ccc(-c3c([2H])c([2H])c([2H])c([2H])c3[2H])cc2N4c2cccc3c2sc2c(-c4ccc5c6ccccc6n(-c6ccccc6)c5c4)cccc23)c([2H])c1[2H]. The maximum Gasteiger partial charge on any atom is 0.252 e. The van der Waals surface area contributed by atoms with Crippen LogP contribution in [0.2, 0.25) is 0 Å². The van der Waals surface area contributed by atoms with Crippen LogP contribution in [0.15, 0.2) is 327 Å². The Kier molecular flexibility index (Phi) is 12.6. The highest BCUT2D eigenvalue weighted by Gasteiger charge is 2.46. The minimum absolute atomic E-state index is 0.0622. The minimum Gasteiger partial charge on any atom is -0.310 e. The first-order valence-corrected chi connectivity index (χ1v) is 38.1. The topological polar surface area (TPSA) is 16.3 Å². The Labute approximate surface area is 650 Å². The molecule has 18 aromatic rings. The number of para-hydroxylation sites is 2. The van der Waals surface area contributed by atoms with Crippen LogP contribution in [0.3, 0.4) is 0 Å². The summed E-state index contributed by atoms with van der Waals surface area (Å²) in [5.74, 6) is 0. The molecule has 15 aromatic carbocycles. The summed E-state index contributed by atoms with van der Waals surface area (Å²) in [6.45, 7) is 19.7. The van der Waals surface area contributed by atoms with Crippen molar-refractivity contribution in [2.75, 3.05) is 9.80 Å². The van der Waals surface area contributed by atoms with Gasteiger partial charge in [0.15, 0.2) is 0 Å². The van der Waals surface area contributed by atoms with E-state index in [0.29, 0.717) is 22.5 Å². The lowest BCUT2D eigenvalue weighted by atomic mass is 9.33. The van der Waals surface area contributed by atoms with E-state index in [1.807, 2.05) is 36.4 Å². The summed E-state index contributed by atoms with van der Waals surface area (Å²) in [6.07, 6.45) is 0. The van der Waals surface area contributed by atoms with E-state index in [-0.39, 0.29) is 51.5 Å². The van der Waals surface area contributed by atoms with Crippen LogP contribution in [0.1, 0.15) is 92.7 Å². The van der Waals surface area contributed by atoms with E-state index in [9.17, 15) is 11.0 Å². The number of nitrogens with zero attached hydrogens (tertiary/aromatic N) is 4. The molecule has 6 heteroatoms. The van der Waals surface area contributed by atoms with Gasteiger partial charge in [0.2, 0.25) is 0 Å². The number of hydrogen-bond donors (Lipinski definition) is 0. The zero-order valence-corrected chi connectivity index (χ0v) is 62.5. The van der Waals surface area contributed by atoms with Crippen LogP contribution in [0.4, 0.5) is 34.1 Å². The number of fused-ring (bicyclic) bond motifs is 13. The summed E-state index contributed by atoms with van der Waals surface area (Å²) in [5.41, 5.74) is 23.1. The van der Waals surface area contributed by atoms with E-state index >= 15 is 0 Å². The molecule has 4 nitrogen and oxygen atoms in total. The molecule has 518 valence electrons. The van der Waals surface area contributed by atoms with Crippen LogP contribution >= 0.6 is 11.3 Å². The van der Waals surface area contributed by atoms with Crippen LogP contribution in [-0.4, -0.2) is 15.8 Å². The summed E-state index contributed by atoms with van der Waals surface area (Å²) in [6, 6.07) is 91.5. The highest BCUT2D eigenvalue weighted by atomic mass is 32.1. The van der Waals surface area contributed by atoms with Gasteiger partial charge in [0, 0.05) is 76.6 Å². The van der Waals surface area contributed by atoms with Crippen molar-refractivity contribution < 1.29 is 13.7 Å². The molecule has 0 saturated carbocycles. The molecule has 2 aliphatic heterocycles. The molecule has 0 spiro atoms. The number of rotatable bonds is 9. The molecule has 5 heterocycles. The molecule has 0 bridgehead atoms. The third-order valence-electron chi connectivity index (χ3n) is 22.5. The Morgan fingerprint density at radius 2 is 0.759 bits per heavy atom. The molecule has 0 N–H and O–H groups in total. The van der Waals surface area contributed by atoms with Crippen LogP contribution in [-0.2, 0) is 16.2 Å². The lowest BCUT2D eigenvalue weighted by Crippen LogP contribution is -2.61. The Morgan fingerprint density at radius 1 is 0.287 bits per heavy atom. The van der Waals surface area contributed by atoms with Crippen molar-refractivity contribution in [3.63, 3.8) is 0 Å². The number of anilines is 6. The van der Waals surface area contributed by atoms with Gasteiger partial charge in [-0.2, -0.15) is 0 Å². The van der Waals surface area contributed by atoms with Gasteiger partial charge in [-0.1, -0.05) is 299 Å². The van der Waals surface area contributed by atoms with Gasteiger partial charge >= 0.3 is 0 Å². The number of thiophene rings is 1. The first kappa shape index (κ1) is 55.3. The Balaban J connectivity index is 0.962. The predicted octanol–water partition coefficient (Wildman–Crippen LogP) is 26.6. The van der Waals surface area contributed by atoms with Gasteiger partial charge in [-0.15, -0.1) is 11.3 Å². The molecule has 0 aliphatic carbocycles. The van der Waals surface area contributed by atoms with Gasteiger partial charge in [-0.05, 0) is 185 Å². The summed E-state index contributed by atoms with van der Waals surface area (Å²) >= 11 is 1.74. The summed E-state index contributed by atoms with van der Waals surface area (Å²) in [7, 11) is 0. The zero-order valence-electron chi connectivity index (χ0n) is 71.7. The first-order valence-electron chi connectivity index (χ1n) is 42.3. The average molecular weight is 1420 g/mol. The number of benzene rings is 15. The monoisotopic (exact) mass is 1410 g/mol. The zero-order chi connectivity index (χ0) is 81.8. The van der Waals surface area contributed by atoms with Gasteiger partial charge in [-0.3, -0.25) is 0 Å². The Morgan fingerprint density at radius 3 is 1.33 bits per heavy atom. The third kappa shape index (κ3) is 10.5. The Hall–Kier alpha value is -12.2. The highest BCUT2D eigenvalue weighted by molar-refractivity contribution is 7.27. The lowest BCUT2D eigenvalue weighted by Gasteiger charge is -2.45. The maximum absolute atomic E-state index is 9.71. The lowest BCUT2D eigenvalue weighted by molar-refractivity contribution is 0.590. The van der Waals surface area contributed by atoms with Crippen molar-refractivity contribution in [3.05, 3.63) is 344 Å². The molecule has 108 heavy (non-hydrogen) atoms. The molecular formula is C102H81BN4S. The van der Waals surface area contributed by atoms with Gasteiger partial charge in [-0.25, -0.2) is 0 Å². The second kappa shape index (κ2) is 24.7. The van der Waals surface area contributed by atoms with Crippen LogP contribution in [0.5, 0.6) is 0 Å². The van der Waals surface area contributed by atoms with Crippen molar-refractivity contribution in [1.29, 1.82) is 0 Å². The van der Waals surface area contributed by atoms with E-state index < -0.39 is 43.0 Å². The van der Waals surface area contributed by atoms with Gasteiger partial charge in [0.1, 0.15) is 0 Å². The fraction of sp³-hybridized carbons (Fsp3) is 0.118. The smallest absolute Gasteiger partial charge is 0.252 e. The van der Waals surface area contributed by atoms with E-state index in [1.54, 1.807) is 11.3 Å². The van der Waals surface area contributed by atoms with Crippen molar-refractivity contribution in [3.8, 4) is 67.0 Å². The van der Waals surface area contributed by atoms with Crippen molar-refractivity contribution in [1.82, 2.24) is 9.13 Å². The standard InChI is InChI=1S/C102H81BN4S/c1-100(2,3)71-48-53-88-83(58-71)84-59-72(101(4,5)6)49-54-89(84)105(88)75-62-94-96-95(63-75)107(97-81(66-33-19-12-20-34-66)60-73(102(7,8)9)61-82(97)67-35-21-13-22-36-67)93-56-69(65-31-17-11-18-32-65)47-52-86(93)103(96)85-51-46-68(64-29-15-10-16-30-64)55-92(85)106(94)90-44-28-42-80-79-41-27-40-76(98(79)108-99(80)90)70-45-50-78-77-39-25-26-43-87(77)104(91(78)57-70)74-37-23-14-24-38-74/h10-63H,1-9H3/i10D,11D,15D,16D,17D,18D,29D,30D,31D,32D. The third-order valence-corrected chi connectivity index (χ3v) is 23.8. The fourth-order valence-corrected chi connectivity index (χ4v) is 18.5. The predicted molar refractivity (Wildman–Crippen MR) is 465 cm³/mol. The quantitative estimate of drug-likeness (QED) is 0.134.